The average Bonchev–Trinajstić information content (AvgIpc) is 2.48. The van der Waals surface area contributed by atoms with Crippen LogP contribution in [0.4, 0.5) is 17.6 Å². The molecule has 0 aliphatic carbocycles. The van der Waals surface area contributed by atoms with E-state index >= 15 is 0 Å². The third-order valence-corrected chi connectivity index (χ3v) is 3.87. The molecule has 0 bridgehead atoms. The van der Waals surface area contributed by atoms with Crippen molar-refractivity contribution >= 4 is 5.91 Å². The van der Waals surface area contributed by atoms with Crippen LogP contribution in [0.15, 0.2) is 29.1 Å². The number of hydrogen-bond acceptors (Lipinski definition) is 3. The zero-order valence-electron chi connectivity index (χ0n) is 15.2. The number of nitrogens with zero attached hydrogens (tertiary/aromatic N) is 1. The molecule has 2 rings (SSSR count). The Bertz CT molecular complexity index is 914. The summed E-state index contributed by atoms with van der Waals surface area (Å²) in [5, 5.41) is 2.63. The summed E-state index contributed by atoms with van der Waals surface area (Å²) in [6, 6.07) is 2.72. The number of benzene rings is 1. The molecule has 0 aliphatic heterocycles. The van der Waals surface area contributed by atoms with Crippen LogP contribution in [0, 0.1) is 18.2 Å². The summed E-state index contributed by atoms with van der Waals surface area (Å²) < 4.78 is 52.3. The Morgan fingerprint density at radius 3 is 2.30 bits per heavy atom. The number of aromatic nitrogens is 2. The number of carbonyl (C=O) groups excluding carboxylic acids is 1. The molecule has 1 atom stereocenters. The van der Waals surface area contributed by atoms with Crippen molar-refractivity contribution < 1.29 is 22.4 Å². The summed E-state index contributed by atoms with van der Waals surface area (Å²) in [5.41, 5.74) is -2.52. The number of nitrogens with one attached hydrogen (secondary N) is 2. The molecule has 1 amide bonds. The number of rotatable bonds is 3. The molecule has 5 nitrogen and oxygen atoms in total. The van der Waals surface area contributed by atoms with Crippen molar-refractivity contribution in [2.24, 2.45) is 5.41 Å². The van der Waals surface area contributed by atoms with Crippen LogP contribution < -0.4 is 10.9 Å². The highest BCUT2D eigenvalue weighted by atomic mass is 19.4. The lowest BCUT2D eigenvalue weighted by molar-refractivity contribution is -0.140. The Labute approximate surface area is 152 Å². The van der Waals surface area contributed by atoms with E-state index in [4.69, 9.17) is 0 Å². The zero-order valence-corrected chi connectivity index (χ0v) is 15.2. The van der Waals surface area contributed by atoms with E-state index in [0.717, 1.165) is 18.2 Å². The summed E-state index contributed by atoms with van der Waals surface area (Å²) in [5.74, 6) is -1.88. The maximum Gasteiger partial charge on any atom is 0.419 e. The van der Waals surface area contributed by atoms with E-state index in [9.17, 15) is 27.2 Å². The SMILES string of the molecule is Cc1nc(C(=O)NC(c2ccc(C(F)(F)F)c(F)c2)C(C)(C)C)cc(=O)[nH]1. The Morgan fingerprint density at radius 1 is 1.19 bits per heavy atom. The summed E-state index contributed by atoms with van der Waals surface area (Å²) in [6.07, 6.45) is -4.81. The molecule has 0 radical (unpaired) electrons. The van der Waals surface area contributed by atoms with Crippen LogP contribution in [-0.4, -0.2) is 15.9 Å². The smallest absolute Gasteiger partial charge is 0.343 e. The highest BCUT2D eigenvalue weighted by Crippen LogP contribution is 2.36. The minimum atomic E-state index is -4.81. The van der Waals surface area contributed by atoms with Crippen LogP contribution in [0.2, 0.25) is 0 Å². The molecule has 2 N–H and O–H groups in total. The largest absolute Gasteiger partial charge is 0.419 e. The fourth-order valence-electron chi connectivity index (χ4n) is 2.64. The van der Waals surface area contributed by atoms with Gasteiger partial charge in [-0.2, -0.15) is 13.2 Å². The van der Waals surface area contributed by atoms with E-state index < -0.39 is 40.5 Å². The first-order valence-electron chi connectivity index (χ1n) is 8.04. The van der Waals surface area contributed by atoms with Gasteiger partial charge in [-0.05, 0) is 30.0 Å². The summed E-state index contributed by atoms with van der Waals surface area (Å²) >= 11 is 0. The number of hydrogen-bond donors (Lipinski definition) is 2. The second kappa shape index (κ2) is 7.13. The number of alkyl halides is 3. The first-order valence-corrected chi connectivity index (χ1v) is 8.04. The fourth-order valence-corrected chi connectivity index (χ4v) is 2.64. The van der Waals surface area contributed by atoms with Crippen LogP contribution in [-0.2, 0) is 6.18 Å². The minimum Gasteiger partial charge on any atom is -0.343 e. The van der Waals surface area contributed by atoms with E-state index in [1.807, 2.05) is 0 Å². The first-order chi connectivity index (χ1) is 12.3. The molecule has 9 heteroatoms. The van der Waals surface area contributed by atoms with Crippen molar-refractivity contribution in [2.45, 2.75) is 39.9 Å². The Morgan fingerprint density at radius 2 is 1.81 bits per heavy atom. The van der Waals surface area contributed by atoms with Crippen molar-refractivity contribution in [3.05, 3.63) is 63.1 Å². The lowest BCUT2D eigenvalue weighted by atomic mass is 9.82. The summed E-state index contributed by atoms with van der Waals surface area (Å²) in [7, 11) is 0. The quantitative estimate of drug-likeness (QED) is 0.790. The molecule has 0 aliphatic rings. The van der Waals surface area contributed by atoms with Crippen molar-refractivity contribution in [1.29, 1.82) is 0 Å². The molecule has 0 fully saturated rings. The van der Waals surface area contributed by atoms with Gasteiger partial charge >= 0.3 is 6.18 Å². The molecule has 0 saturated carbocycles. The number of halogens is 4. The van der Waals surface area contributed by atoms with Crippen LogP contribution in [0.1, 0.15) is 54.3 Å². The highest BCUT2D eigenvalue weighted by Gasteiger charge is 2.35. The van der Waals surface area contributed by atoms with Crippen LogP contribution in [0.3, 0.4) is 0 Å². The molecule has 0 spiro atoms. The molecular weight excluding hydrogens is 366 g/mol. The molecule has 1 heterocycles. The van der Waals surface area contributed by atoms with Gasteiger partial charge in [0.25, 0.3) is 11.5 Å². The number of amides is 1. The second-order valence-electron chi connectivity index (χ2n) is 7.23. The third kappa shape index (κ3) is 4.93. The Kier molecular flexibility index (Phi) is 5.44. The monoisotopic (exact) mass is 385 g/mol. The highest BCUT2D eigenvalue weighted by molar-refractivity contribution is 5.92. The van der Waals surface area contributed by atoms with Gasteiger partial charge in [-0.3, -0.25) is 9.59 Å². The van der Waals surface area contributed by atoms with E-state index in [1.54, 1.807) is 20.8 Å². The summed E-state index contributed by atoms with van der Waals surface area (Å²) in [6.45, 7) is 6.72. The molecule has 1 aromatic carbocycles. The minimum absolute atomic E-state index is 0.141. The van der Waals surface area contributed by atoms with Crippen molar-refractivity contribution in [1.82, 2.24) is 15.3 Å². The van der Waals surface area contributed by atoms with Crippen LogP contribution >= 0.6 is 0 Å². The van der Waals surface area contributed by atoms with Gasteiger partial charge in [-0.25, -0.2) is 9.37 Å². The average molecular weight is 385 g/mol. The maximum absolute atomic E-state index is 14.0. The van der Waals surface area contributed by atoms with Gasteiger partial charge in [-0.1, -0.05) is 26.8 Å². The molecular formula is C18H19F4N3O2. The van der Waals surface area contributed by atoms with Crippen LogP contribution in [0.5, 0.6) is 0 Å². The van der Waals surface area contributed by atoms with E-state index in [1.165, 1.54) is 6.92 Å². The molecule has 1 aromatic heterocycles. The standard InChI is InChI=1S/C18H19F4N3O2/c1-9-23-13(8-14(26)24-9)16(27)25-15(17(2,3)4)10-5-6-11(12(19)7-10)18(20,21)22/h5-8,15H,1-4H3,(H,25,27)(H,23,24,26). The second-order valence-corrected chi connectivity index (χ2v) is 7.23. The first kappa shape index (κ1) is 20.6. The Hall–Kier alpha value is -2.71. The number of H-pyrrole nitrogens is 1. The van der Waals surface area contributed by atoms with E-state index in [0.29, 0.717) is 6.07 Å². The van der Waals surface area contributed by atoms with Gasteiger partial charge in [0.05, 0.1) is 11.6 Å². The lowest BCUT2D eigenvalue weighted by Gasteiger charge is -2.32. The fraction of sp³-hybridized carbons (Fsp3) is 0.389. The predicted molar refractivity (Wildman–Crippen MR) is 90.7 cm³/mol. The lowest BCUT2D eigenvalue weighted by Crippen LogP contribution is -2.37. The molecule has 146 valence electrons. The molecule has 27 heavy (non-hydrogen) atoms. The topological polar surface area (TPSA) is 74.8 Å². The predicted octanol–water partition coefficient (Wildman–Crippen LogP) is 3.75. The van der Waals surface area contributed by atoms with E-state index in [-0.39, 0.29) is 17.1 Å². The van der Waals surface area contributed by atoms with Crippen molar-refractivity contribution in [3.8, 4) is 0 Å². The van der Waals surface area contributed by atoms with Crippen molar-refractivity contribution in [2.75, 3.05) is 0 Å². The van der Waals surface area contributed by atoms with Gasteiger partial charge in [-0.15, -0.1) is 0 Å². The van der Waals surface area contributed by atoms with Gasteiger partial charge in [0.15, 0.2) is 0 Å². The van der Waals surface area contributed by atoms with Gasteiger partial charge in [0.2, 0.25) is 0 Å². The normalized spacial score (nSPS) is 13.3. The van der Waals surface area contributed by atoms with Gasteiger partial charge < -0.3 is 10.3 Å². The van der Waals surface area contributed by atoms with Crippen molar-refractivity contribution in [3.63, 3.8) is 0 Å². The number of carbonyl (C=O) groups is 1. The van der Waals surface area contributed by atoms with Crippen LogP contribution in [0.25, 0.3) is 0 Å². The molecule has 2 aromatic rings. The third-order valence-electron chi connectivity index (χ3n) is 3.87. The maximum atomic E-state index is 14.0. The number of aromatic amines is 1. The molecule has 0 saturated heterocycles. The molecule has 1 unspecified atom stereocenters. The van der Waals surface area contributed by atoms with Gasteiger partial charge in [0, 0.05) is 6.07 Å². The van der Waals surface area contributed by atoms with Gasteiger partial charge in [0.1, 0.15) is 17.3 Å². The van der Waals surface area contributed by atoms with E-state index in [2.05, 4.69) is 15.3 Å². The summed E-state index contributed by atoms with van der Waals surface area (Å²) in [4.78, 5) is 30.3. The number of aryl methyl sites for hydroxylation is 1. The zero-order chi connectivity index (χ0) is 20.6. The Balaban J connectivity index is 2.41.